The Labute approximate surface area is 120 Å². The van der Waals surface area contributed by atoms with Gasteiger partial charge in [-0.05, 0) is 31.2 Å². The summed E-state index contributed by atoms with van der Waals surface area (Å²) in [6, 6.07) is 8.50. The summed E-state index contributed by atoms with van der Waals surface area (Å²) in [6.07, 6.45) is 1.65. The van der Waals surface area contributed by atoms with Gasteiger partial charge in [0.1, 0.15) is 11.6 Å². The molecule has 0 bridgehead atoms. The molecule has 2 rings (SSSR count). The molecule has 2 N–H and O–H groups in total. The molecule has 98 valence electrons. The van der Waals surface area contributed by atoms with Crippen LogP contribution in [0.2, 0.25) is 10.0 Å². The first-order chi connectivity index (χ1) is 9.08. The van der Waals surface area contributed by atoms with Crippen LogP contribution >= 0.6 is 23.2 Å². The predicted molar refractivity (Wildman–Crippen MR) is 78.2 cm³/mol. The second-order valence-corrected chi connectivity index (χ2v) is 4.65. The number of phenolic OH excluding ortho intramolecular Hbond substituents is 1. The van der Waals surface area contributed by atoms with Gasteiger partial charge in [-0.25, -0.2) is 4.98 Å². The fraction of sp³-hybridized carbons (Fsp3) is 0.0769. The third-order valence-corrected chi connectivity index (χ3v) is 2.93. The lowest BCUT2D eigenvalue weighted by Gasteiger charge is -2.07. The molecule has 0 radical (unpaired) electrons. The molecule has 0 aliphatic heterocycles. The molecular formula is C13H11Cl2N3O. The van der Waals surface area contributed by atoms with E-state index in [1.165, 1.54) is 6.07 Å². The van der Waals surface area contributed by atoms with Crippen LogP contribution in [0.4, 0.5) is 5.82 Å². The van der Waals surface area contributed by atoms with Crippen LogP contribution in [0, 0.1) is 0 Å². The quantitative estimate of drug-likeness (QED) is 0.666. The molecule has 1 heterocycles. The van der Waals surface area contributed by atoms with E-state index in [4.69, 9.17) is 23.2 Å². The second-order valence-electron chi connectivity index (χ2n) is 3.81. The highest BCUT2D eigenvalue weighted by Crippen LogP contribution is 2.31. The van der Waals surface area contributed by atoms with Crippen molar-refractivity contribution < 1.29 is 5.11 Å². The number of anilines is 1. The number of hydrazone groups is 1. The van der Waals surface area contributed by atoms with Gasteiger partial charge < -0.3 is 5.11 Å². The van der Waals surface area contributed by atoms with Crippen molar-refractivity contribution in [2.75, 3.05) is 5.43 Å². The Kier molecular flexibility index (Phi) is 4.24. The molecule has 2 aromatic rings. The van der Waals surface area contributed by atoms with E-state index in [1.807, 2.05) is 12.1 Å². The Morgan fingerprint density at radius 2 is 2.11 bits per heavy atom. The Hall–Kier alpha value is -1.78. The number of benzene rings is 1. The van der Waals surface area contributed by atoms with Gasteiger partial charge in [-0.15, -0.1) is 0 Å². The minimum Gasteiger partial charge on any atom is -0.506 e. The summed E-state index contributed by atoms with van der Waals surface area (Å²) >= 11 is 11.8. The monoisotopic (exact) mass is 295 g/mol. The van der Waals surface area contributed by atoms with Crippen LogP contribution in [0.3, 0.4) is 0 Å². The molecule has 6 heteroatoms. The molecule has 0 aliphatic rings. The maximum atomic E-state index is 9.87. The second kappa shape index (κ2) is 5.91. The van der Waals surface area contributed by atoms with Crippen LogP contribution in [0.25, 0.3) is 0 Å². The van der Waals surface area contributed by atoms with Gasteiger partial charge in [-0.3, -0.25) is 5.43 Å². The van der Waals surface area contributed by atoms with Gasteiger partial charge in [0.05, 0.1) is 10.7 Å². The topological polar surface area (TPSA) is 57.5 Å². The largest absolute Gasteiger partial charge is 0.506 e. The summed E-state index contributed by atoms with van der Waals surface area (Å²) in [6.45, 7) is 1.73. The van der Waals surface area contributed by atoms with Crippen LogP contribution in [-0.4, -0.2) is 15.8 Å². The molecular weight excluding hydrogens is 285 g/mol. The molecule has 0 unspecified atom stereocenters. The number of hydrogen-bond donors (Lipinski definition) is 2. The molecule has 0 fully saturated rings. The Balaban J connectivity index is 2.27. The van der Waals surface area contributed by atoms with Gasteiger partial charge in [0, 0.05) is 16.8 Å². The lowest BCUT2D eigenvalue weighted by Crippen LogP contribution is -2.01. The molecule has 0 aliphatic carbocycles. The van der Waals surface area contributed by atoms with Crippen LogP contribution in [0.1, 0.15) is 12.5 Å². The SMILES string of the molecule is C/C(=N\Nc1ccccn1)c1cc(Cl)cc(Cl)c1O. The number of phenols is 1. The summed E-state index contributed by atoms with van der Waals surface area (Å²) in [5.74, 6) is 0.560. The molecule has 0 spiro atoms. The number of nitrogens with one attached hydrogen (secondary N) is 1. The number of hydrogen-bond acceptors (Lipinski definition) is 4. The van der Waals surface area contributed by atoms with E-state index >= 15 is 0 Å². The van der Waals surface area contributed by atoms with E-state index < -0.39 is 0 Å². The molecule has 0 amide bonds. The number of rotatable bonds is 3. The van der Waals surface area contributed by atoms with Crippen LogP contribution in [0.5, 0.6) is 5.75 Å². The summed E-state index contributed by atoms with van der Waals surface area (Å²) in [5.41, 5.74) is 3.81. The zero-order valence-electron chi connectivity index (χ0n) is 10.1. The Morgan fingerprint density at radius 1 is 1.32 bits per heavy atom. The standard InChI is InChI=1S/C13H11Cl2N3O/c1-8(17-18-12-4-2-3-5-16-12)10-6-9(14)7-11(15)13(10)19/h2-7,19H,1H3,(H,16,18)/b17-8+. The Morgan fingerprint density at radius 3 is 2.79 bits per heavy atom. The van der Waals surface area contributed by atoms with Crippen molar-refractivity contribution >= 4 is 34.7 Å². The third-order valence-electron chi connectivity index (χ3n) is 2.42. The first-order valence-corrected chi connectivity index (χ1v) is 6.23. The number of aromatic nitrogens is 1. The average molecular weight is 296 g/mol. The smallest absolute Gasteiger partial charge is 0.146 e. The highest BCUT2D eigenvalue weighted by atomic mass is 35.5. The van der Waals surface area contributed by atoms with Crippen molar-refractivity contribution in [3.05, 3.63) is 52.1 Å². The normalized spacial score (nSPS) is 11.4. The number of pyridine rings is 1. The van der Waals surface area contributed by atoms with E-state index in [9.17, 15) is 5.11 Å². The fourth-order valence-electron chi connectivity index (χ4n) is 1.47. The lowest BCUT2D eigenvalue weighted by molar-refractivity contribution is 0.474. The van der Waals surface area contributed by atoms with Crippen molar-refractivity contribution in [3.63, 3.8) is 0 Å². The van der Waals surface area contributed by atoms with Crippen molar-refractivity contribution in [2.24, 2.45) is 5.10 Å². The highest BCUT2D eigenvalue weighted by Gasteiger charge is 2.10. The molecule has 0 saturated carbocycles. The van der Waals surface area contributed by atoms with Crippen LogP contribution in [0.15, 0.2) is 41.6 Å². The summed E-state index contributed by atoms with van der Waals surface area (Å²) in [7, 11) is 0. The van der Waals surface area contributed by atoms with Crippen molar-refractivity contribution in [1.82, 2.24) is 4.98 Å². The zero-order valence-corrected chi connectivity index (χ0v) is 11.6. The average Bonchev–Trinajstić information content (AvgIpc) is 2.41. The maximum absolute atomic E-state index is 9.87. The molecule has 0 atom stereocenters. The van der Waals surface area contributed by atoms with Gasteiger partial charge in [-0.1, -0.05) is 29.3 Å². The van der Waals surface area contributed by atoms with Crippen LogP contribution in [-0.2, 0) is 0 Å². The first kappa shape index (κ1) is 13.6. The van der Waals surface area contributed by atoms with Gasteiger partial charge in [0.2, 0.25) is 0 Å². The predicted octanol–water partition coefficient (Wildman–Crippen LogP) is 3.93. The Bertz CT molecular complexity index is 615. The number of aromatic hydroxyl groups is 1. The number of halogens is 2. The fourth-order valence-corrected chi connectivity index (χ4v) is 1.97. The van der Waals surface area contributed by atoms with Crippen molar-refractivity contribution in [1.29, 1.82) is 0 Å². The highest BCUT2D eigenvalue weighted by molar-refractivity contribution is 6.36. The number of nitrogens with zero attached hydrogens (tertiary/aromatic N) is 2. The van der Waals surface area contributed by atoms with Crippen molar-refractivity contribution in [2.45, 2.75) is 6.92 Å². The van der Waals surface area contributed by atoms with Gasteiger partial charge in [-0.2, -0.15) is 5.10 Å². The lowest BCUT2D eigenvalue weighted by atomic mass is 10.1. The molecule has 1 aromatic carbocycles. The van der Waals surface area contributed by atoms with E-state index in [0.29, 0.717) is 22.1 Å². The van der Waals surface area contributed by atoms with Crippen molar-refractivity contribution in [3.8, 4) is 5.75 Å². The van der Waals surface area contributed by atoms with E-state index in [-0.39, 0.29) is 10.8 Å². The van der Waals surface area contributed by atoms with E-state index in [0.717, 1.165) is 0 Å². The minimum absolute atomic E-state index is 0.0462. The first-order valence-electron chi connectivity index (χ1n) is 5.47. The molecule has 19 heavy (non-hydrogen) atoms. The van der Waals surface area contributed by atoms with E-state index in [1.54, 1.807) is 25.3 Å². The summed E-state index contributed by atoms with van der Waals surface area (Å²) < 4.78 is 0. The molecule has 1 aromatic heterocycles. The molecule has 0 saturated heterocycles. The van der Waals surface area contributed by atoms with Gasteiger partial charge >= 0.3 is 0 Å². The maximum Gasteiger partial charge on any atom is 0.146 e. The zero-order chi connectivity index (χ0) is 13.8. The summed E-state index contributed by atoms with van der Waals surface area (Å²) in [5, 5.41) is 14.6. The summed E-state index contributed by atoms with van der Waals surface area (Å²) in [4.78, 5) is 4.07. The minimum atomic E-state index is -0.0462. The van der Waals surface area contributed by atoms with Gasteiger partial charge in [0.15, 0.2) is 0 Å². The van der Waals surface area contributed by atoms with Crippen LogP contribution < -0.4 is 5.43 Å². The third kappa shape index (κ3) is 3.36. The van der Waals surface area contributed by atoms with E-state index in [2.05, 4.69) is 15.5 Å². The van der Waals surface area contributed by atoms with Gasteiger partial charge in [0.25, 0.3) is 0 Å². The molecule has 4 nitrogen and oxygen atoms in total.